The smallest absolute Gasteiger partial charge is 0.261 e. The Morgan fingerprint density at radius 1 is 1.35 bits per heavy atom. The van der Waals surface area contributed by atoms with Crippen LogP contribution in [0, 0.1) is 5.92 Å². The predicted octanol–water partition coefficient (Wildman–Crippen LogP) is 4.00. The van der Waals surface area contributed by atoms with Crippen LogP contribution < -0.4 is 10.3 Å². The predicted molar refractivity (Wildman–Crippen MR) is 106 cm³/mol. The lowest BCUT2D eigenvalue weighted by Crippen LogP contribution is -2.40. The summed E-state index contributed by atoms with van der Waals surface area (Å²) < 4.78 is 7.15. The molecule has 3 rings (SSSR count). The Morgan fingerprint density at radius 2 is 2.15 bits per heavy atom. The van der Waals surface area contributed by atoms with E-state index in [2.05, 4.69) is 18.7 Å². The fraction of sp³-hybridized carbons (Fsp3) is 0.619. The number of nitrogens with zero attached hydrogens (tertiary/aromatic N) is 3. The lowest BCUT2D eigenvalue weighted by Gasteiger charge is -2.37. The zero-order chi connectivity index (χ0) is 18.7. The Balaban J connectivity index is 2.12. The summed E-state index contributed by atoms with van der Waals surface area (Å²) in [6.07, 6.45) is 4.62. The molecule has 1 fully saturated rings. The summed E-state index contributed by atoms with van der Waals surface area (Å²) in [6, 6.07) is 5.80. The fourth-order valence-electron chi connectivity index (χ4n) is 4.16. The van der Waals surface area contributed by atoms with Crippen molar-refractivity contribution >= 4 is 10.9 Å². The van der Waals surface area contributed by atoms with Crippen molar-refractivity contribution in [2.75, 3.05) is 20.2 Å². The van der Waals surface area contributed by atoms with E-state index in [1.807, 2.05) is 23.6 Å². The average molecular weight is 357 g/mol. The summed E-state index contributed by atoms with van der Waals surface area (Å²) >= 11 is 0. The molecule has 5 heteroatoms. The molecule has 2 atom stereocenters. The number of hydrogen-bond donors (Lipinski definition) is 0. The standard InChI is InChI=1S/C21H31N3O2/c1-5-8-19(23-12-7-9-15(3)14-23)20-22-18-11-10-16(26-4)13-17(18)21(25)24(20)6-2/h10-11,13,15,19H,5-9,12,14H2,1-4H3/t15-,19-/m1/s1. The molecule has 1 aliphatic heterocycles. The van der Waals surface area contributed by atoms with E-state index >= 15 is 0 Å². The molecule has 2 aromatic rings. The molecule has 2 heterocycles. The second-order valence-corrected chi connectivity index (χ2v) is 7.45. The minimum atomic E-state index is 0.0394. The van der Waals surface area contributed by atoms with E-state index in [9.17, 15) is 4.79 Å². The third-order valence-electron chi connectivity index (χ3n) is 5.50. The summed E-state index contributed by atoms with van der Waals surface area (Å²) in [7, 11) is 1.62. The molecular weight excluding hydrogens is 326 g/mol. The minimum Gasteiger partial charge on any atom is -0.497 e. The molecule has 0 unspecified atom stereocenters. The fourth-order valence-corrected chi connectivity index (χ4v) is 4.16. The van der Waals surface area contributed by atoms with Gasteiger partial charge in [-0.3, -0.25) is 14.3 Å². The van der Waals surface area contributed by atoms with Crippen LogP contribution in [0.25, 0.3) is 10.9 Å². The molecule has 0 radical (unpaired) electrons. The van der Waals surface area contributed by atoms with Gasteiger partial charge in [-0.05, 0) is 56.8 Å². The number of ether oxygens (including phenoxy) is 1. The van der Waals surface area contributed by atoms with Crippen molar-refractivity contribution in [3.63, 3.8) is 0 Å². The van der Waals surface area contributed by atoms with Crippen LogP contribution in [-0.2, 0) is 6.54 Å². The normalized spacial score (nSPS) is 19.6. The topological polar surface area (TPSA) is 47.4 Å². The van der Waals surface area contributed by atoms with Crippen molar-refractivity contribution in [2.45, 2.75) is 59.0 Å². The molecule has 5 nitrogen and oxygen atoms in total. The van der Waals surface area contributed by atoms with E-state index in [0.29, 0.717) is 23.6 Å². The maximum Gasteiger partial charge on any atom is 0.261 e. The van der Waals surface area contributed by atoms with Crippen LogP contribution in [0.5, 0.6) is 5.75 Å². The number of rotatable bonds is 6. The Bertz CT molecular complexity index is 815. The Kier molecular flexibility index (Phi) is 5.97. The first-order chi connectivity index (χ1) is 12.6. The van der Waals surface area contributed by atoms with Gasteiger partial charge in [-0.25, -0.2) is 4.98 Å². The number of aromatic nitrogens is 2. The van der Waals surface area contributed by atoms with E-state index in [1.165, 1.54) is 12.8 Å². The molecule has 0 spiro atoms. The summed E-state index contributed by atoms with van der Waals surface area (Å²) in [6.45, 7) is 9.38. The molecule has 1 aliphatic rings. The molecule has 0 bridgehead atoms. The molecule has 1 saturated heterocycles. The summed E-state index contributed by atoms with van der Waals surface area (Å²) in [5.74, 6) is 2.32. The van der Waals surface area contributed by atoms with Gasteiger partial charge < -0.3 is 4.74 Å². The highest BCUT2D eigenvalue weighted by Crippen LogP contribution is 2.30. The van der Waals surface area contributed by atoms with E-state index < -0.39 is 0 Å². The zero-order valence-corrected chi connectivity index (χ0v) is 16.5. The van der Waals surface area contributed by atoms with Crippen LogP contribution in [0.3, 0.4) is 0 Å². The van der Waals surface area contributed by atoms with Crippen molar-refractivity contribution in [1.82, 2.24) is 14.5 Å². The summed E-state index contributed by atoms with van der Waals surface area (Å²) in [5.41, 5.74) is 0.805. The second-order valence-electron chi connectivity index (χ2n) is 7.45. The quantitative estimate of drug-likeness (QED) is 0.784. The van der Waals surface area contributed by atoms with Gasteiger partial charge in [0.2, 0.25) is 0 Å². The molecule has 142 valence electrons. The van der Waals surface area contributed by atoms with Crippen molar-refractivity contribution in [2.24, 2.45) is 5.92 Å². The molecule has 0 aliphatic carbocycles. The van der Waals surface area contributed by atoms with Crippen molar-refractivity contribution in [1.29, 1.82) is 0 Å². The van der Waals surface area contributed by atoms with Crippen molar-refractivity contribution in [3.05, 3.63) is 34.4 Å². The zero-order valence-electron chi connectivity index (χ0n) is 16.5. The summed E-state index contributed by atoms with van der Waals surface area (Å²) in [5, 5.41) is 0.636. The molecule has 1 aromatic carbocycles. The van der Waals surface area contributed by atoms with Gasteiger partial charge in [0, 0.05) is 13.1 Å². The second kappa shape index (κ2) is 8.21. The molecule has 1 aromatic heterocycles. The number of methoxy groups -OCH3 is 1. The van der Waals surface area contributed by atoms with Crippen LogP contribution in [0.1, 0.15) is 58.3 Å². The van der Waals surface area contributed by atoms with Gasteiger partial charge >= 0.3 is 0 Å². The van der Waals surface area contributed by atoms with Crippen molar-refractivity contribution < 1.29 is 4.74 Å². The largest absolute Gasteiger partial charge is 0.497 e. The number of fused-ring (bicyclic) bond motifs is 1. The van der Waals surface area contributed by atoms with Gasteiger partial charge in [-0.15, -0.1) is 0 Å². The van der Waals surface area contributed by atoms with E-state index in [1.54, 1.807) is 13.2 Å². The van der Waals surface area contributed by atoms with Gasteiger partial charge in [0.05, 0.1) is 24.1 Å². The first kappa shape index (κ1) is 18.9. The maximum absolute atomic E-state index is 13.2. The molecular formula is C21H31N3O2. The third kappa shape index (κ3) is 3.63. The van der Waals surface area contributed by atoms with Gasteiger partial charge in [0.25, 0.3) is 5.56 Å². The monoisotopic (exact) mass is 357 g/mol. The van der Waals surface area contributed by atoms with E-state index in [4.69, 9.17) is 9.72 Å². The van der Waals surface area contributed by atoms with Gasteiger partial charge in [-0.1, -0.05) is 20.3 Å². The Labute approximate surface area is 156 Å². The van der Waals surface area contributed by atoms with Gasteiger partial charge in [-0.2, -0.15) is 0 Å². The number of hydrogen-bond acceptors (Lipinski definition) is 4. The highest BCUT2D eigenvalue weighted by atomic mass is 16.5. The third-order valence-corrected chi connectivity index (χ3v) is 5.50. The first-order valence-corrected chi connectivity index (χ1v) is 9.91. The first-order valence-electron chi connectivity index (χ1n) is 9.91. The van der Waals surface area contributed by atoms with Crippen LogP contribution in [0.2, 0.25) is 0 Å². The maximum atomic E-state index is 13.2. The number of benzene rings is 1. The molecule has 0 N–H and O–H groups in total. The average Bonchev–Trinajstić information content (AvgIpc) is 2.65. The van der Waals surface area contributed by atoms with Crippen molar-refractivity contribution in [3.8, 4) is 5.75 Å². The molecule has 0 amide bonds. The Hall–Kier alpha value is -1.88. The van der Waals surface area contributed by atoms with Crippen LogP contribution in [0.15, 0.2) is 23.0 Å². The van der Waals surface area contributed by atoms with E-state index in [-0.39, 0.29) is 11.6 Å². The van der Waals surface area contributed by atoms with E-state index in [0.717, 1.165) is 37.3 Å². The summed E-state index contributed by atoms with van der Waals surface area (Å²) in [4.78, 5) is 20.7. The number of piperidine rings is 1. The van der Waals surface area contributed by atoms with Gasteiger partial charge in [0.15, 0.2) is 0 Å². The minimum absolute atomic E-state index is 0.0394. The highest BCUT2D eigenvalue weighted by Gasteiger charge is 2.28. The number of likely N-dealkylation sites (tertiary alicyclic amines) is 1. The van der Waals surface area contributed by atoms with Crippen LogP contribution >= 0.6 is 0 Å². The Morgan fingerprint density at radius 3 is 2.81 bits per heavy atom. The SMILES string of the molecule is CCC[C@H](c1nc2ccc(OC)cc2c(=O)n1CC)N1CCC[C@@H](C)C1. The van der Waals surface area contributed by atoms with Crippen LogP contribution in [-0.4, -0.2) is 34.7 Å². The molecule has 26 heavy (non-hydrogen) atoms. The lowest BCUT2D eigenvalue weighted by atomic mass is 9.97. The highest BCUT2D eigenvalue weighted by molar-refractivity contribution is 5.79. The van der Waals surface area contributed by atoms with Gasteiger partial charge in [0.1, 0.15) is 11.6 Å². The molecule has 0 saturated carbocycles. The lowest BCUT2D eigenvalue weighted by molar-refractivity contribution is 0.115. The van der Waals surface area contributed by atoms with Crippen LogP contribution in [0.4, 0.5) is 0 Å².